The fourth-order valence-corrected chi connectivity index (χ4v) is 3.85. The first kappa shape index (κ1) is 16.6. The number of fused-ring (bicyclic) bond motifs is 1. The van der Waals surface area contributed by atoms with Gasteiger partial charge in [-0.05, 0) is 17.5 Å². The van der Waals surface area contributed by atoms with E-state index in [-0.39, 0.29) is 28.4 Å². The van der Waals surface area contributed by atoms with E-state index >= 15 is 0 Å². The maximum atomic E-state index is 12.2. The van der Waals surface area contributed by atoms with Crippen molar-refractivity contribution in [2.45, 2.75) is 11.4 Å². The first-order valence-electron chi connectivity index (χ1n) is 6.88. The molecule has 24 heavy (non-hydrogen) atoms. The lowest BCUT2D eigenvalue weighted by molar-refractivity contribution is 0.518. The summed E-state index contributed by atoms with van der Waals surface area (Å²) in [6, 6.07) is 4.11. The summed E-state index contributed by atoms with van der Waals surface area (Å²) in [5, 5.41) is 2.24. The second-order valence-electron chi connectivity index (χ2n) is 5.27. The van der Waals surface area contributed by atoms with E-state index in [4.69, 9.17) is 0 Å². The lowest BCUT2D eigenvalue weighted by atomic mass is 10.4. The minimum atomic E-state index is -3.66. The second-order valence-corrected chi connectivity index (χ2v) is 8.32. The molecule has 0 saturated carbocycles. The zero-order valence-electron chi connectivity index (χ0n) is 12.9. The van der Waals surface area contributed by atoms with Gasteiger partial charge in [0.15, 0.2) is 0 Å². The lowest BCUT2D eigenvalue weighted by Crippen LogP contribution is -2.27. The molecule has 0 spiro atoms. The molecular formula is C14H14N4O4S2. The molecule has 10 heteroatoms. The topological polar surface area (TPSA) is 105 Å². The van der Waals surface area contributed by atoms with Crippen LogP contribution in [0.2, 0.25) is 0 Å². The molecule has 3 heterocycles. The molecule has 3 rings (SSSR count). The zero-order chi connectivity index (χ0) is 17.5. The highest BCUT2D eigenvalue weighted by Gasteiger charge is 2.18. The first-order chi connectivity index (χ1) is 11.3. The normalized spacial score (nSPS) is 12.1. The van der Waals surface area contributed by atoms with Gasteiger partial charge >= 0.3 is 0 Å². The van der Waals surface area contributed by atoms with Crippen molar-refractivity contribution in [3.05, 3.63) is 56.3 Å². The molecule has 0 bridgehead atoms. The van der Waals surface area contributed by atoms with Crippen molar-refractivity contribution in [1.82, 2.24) is 18.8 Å². The first-order valence-corrected chi connectivity index (χ1v) is 9.20. The quantitative estimate of drug-likeness (QED) is 0.721. The molecule has 0 fully saturated rings. The van der Waals surface area contributed by atoms with E-state index in [1.165, 1.54) is 48.3 Å². The van der Waals surface area contributed by atoms with Gasteiger partial charge in [-0.25, -0.2) is 17.7 Å². The molecule has 0 atom stereocenters. The molecule has 0 radical (unpaired) electrons. The van der Waals surface area contributed by atoms with Crippen LogP contribution in [0.1, 0.15) is 5.82 Å². The summed E-state index contributed by atoms with van der Waals surface area (Å²) in [5.74, 6) is 0.288. The highest BCUT2D eigenvalue weighted by Crippen LogP contribution is 2.15. The lowest BCUT2D eigenvalue weighted by Gasteiger charge is -2.13. The molecule has 8 nitrogen and oxygen atoms in total. The van der Waals surface area contributed by atoms with Crippen molar-refractivity contribution in [1.29, 1.82) is 0 Å². The predicted octanol–water partition coefficient (Wildman–Crippen LogP) is 0.445. The average molecular weight is 366 g/mol. The van der Waals surface area contributed by atoms with E-state index in [1.54, 1.807) is 11.4 Å². The number of aromatic amines is 1. The maximum absolute atomic E-state index is 12.2. The van der Waals surface area contributed by atoms with E-state index < -0.39 is 10.0 Å². The van der Waals surface area contributed by atoms with Gasteiger partial charge in [-0.1, -0.05) is 0 Å². The Morgan fingerprint density at radius 1 is 1.25 bits per heavy atom. The molecule has 0 aliphatic rings. The molecule has 3 aromatic heterocycles. The van der Waals surface area contributed by atoms with E-state index in [0.29, 0.717) is 10.2 Å². The van der Waals surface area contributed by atoms with Crippen molar-refractivity contribution in [3.63, 3.8) is 0 Å². The zero-order valence-corrected chi connectivity index (χ0v) is 14.5. The van der Waals surface area contributed by atoms with Crippen LogP contribution in [-0.2, 0) is 16.6 Å². The Morgan fingerprint density at radius 2 is 2.00 bits per heavy atom. The summed E-state index contributed by atoms with van der Waals surface area (Å²) in [6.07, 6.45) is 1.25. The van der Waals surface area contributed by atoms with Crippen molar-refractivity contribution >= 4 is 31.6 Å². The van der Waals surface area contributed by atoms with Gasteiger partial charge in [-0.3, -0.25) is 9.59 Å². The van der Waals surface area contributed by atoms with Crippen LogP contribution in [0.15, 0.2) is 44.3 Å². The molecule has 0 amide bonds. The van der Waals surface area contributed by atoms with Gasteiger partial charge < -0.3 is 9.55 Å². The fourth-order valence-electron chi connectivity index (χ4n) is 2.14. The van der Waals surface area contributed by atoms with Crippen LogP contribution in [-0.4, -0.2) is 41.4 Å². The minimum absolute atomic E-state index is 0.00773. The number of hydrogen-bond donors (Lipinski definition) is 1. The molecule has 1 N–H and O–H groups in total. The van der Waals surface area contributed by atoms with Crippen LogP contribution in [0.3, 0.4) is 0 Å². The Balaban J connectivity index is 2.06. The summed E-state index contributed by atoms with van der Waals surface area (Å²) in [4.78, 5) is 31.5. The Bertz CT molecular complexity index is 1130. The molecule has 0 aromatic carbocycles. The van der Waals surface area contributed by atoms with Crippen LogP contribution in [0.25, 0.3) is 10.2 Å². The van der Waals surface area contributed by atoms with Gasteiger partial charge in [0.05, 0.1) is 16.8 Å². The van der Waals surface area contributed by atoms with Crippen LogP contribution in [0, 0.1) is 0 Å². The third kappa shape index (κ3) is 2.90. The van der Waals surface area contributed by atoms with E-state index in [9.17, 15) is 18.0 Å². The van der Waals surface area contributed by atoms with E-state index in [2.05, 4.69) is 9.97 Å². The summed E-state index contributed by atoms with van der Waals surface area (Å²) in [7, 11) is -0.836. The van der Waals surface area contributed by atoms with Gasteiger partial charge in [0.2, 0.25) is 10.0 Å². The predicted molar refractivity (Wildman–Crippen MR) is 90.9 cm³/mol. The third-order valence-electron chi connectivity index (χ3n) is 3.44. The van der Waals surface area contributed by atoms with Gasteiger partial charge in [-0.15, -0.1) is 11.3 Å². The summed E-state index contributed by atoms with van der Waals surface area (Å²) < 4.78 is 26.6. The monoisotopic (exact) mass is 366 g/mol. The smallest absolute Gasteiger partial charge is 0.259 e. The maximum Gasteiger partial charge on any atom is 0.259 e. The highest BCUT2D eigenvalue weighted by atomic mass is 32.2. The van der Waals surface area contributed by atoms with Gasteiger partial charge in [0, 0.05) is 26.4 Å². The molecule has 0 saturated heterocycles. The van der Waals surface area contributed by atoms with Gasteiger partial charge in [-0.2, -0.15) is 0 Å². The van der Waals surface area contributed by atoms with Crippen LogP contribution in [0.4, 0.5) is 0 Å². The van der Waals surface area contributed by atoms with Crippen LogP contribution >= 0.6 is 11.3 Å². The molecular weight excluding hydrogens is 352 g/mol. The summed E-state index contributed by atoms with van der Waals surface area (Å²) >= 11 is 1.32. The summed E-state index contributed by atoms with van der Waals surface area (Å²) in [5.41, 5.74) is -0.678. The number of nitrogens with one attached hydrogen (secondary N) is 1. The largest absolute Gasteiger partial charge is 0.308 e. The fraction of sp³-hybridized carbons (Fsp3) is 0.214. The number of thiophene rings is 1. The molecule has 0 aliphatic heterocycles. The molecule has 3 aromatic rings. The third-order valence-corrected chi connectivity index (χ3v) is 6.04. The van der Waals surface area contributed by atoms with Crippen molar-refractivity contribution in [2.75, 3.05) is 14.1 Å². The Hall–Kier alpha value is -2.30. The number of pyridine rings is 1. The molecule has 126 valence electrons. The number of rotatable bonds is 4. The number of aromatic nitrogens is 3. The number of sulfonamides is 1. The SMILES string of the molecule is CN(C)S(=O)(=O)c1ccc(=O)n(Cc2nc3sccc3c(=O)[nH]2)c1. The van der Waals surface area contributed by atoms with Crippen molar-refractivity contribution < 1.29 is 8.42 Å². The second kappa shape index (κ2) is 5.96. The van der Waals surface area contributed by atoms with Gasteiger partial charge in [0.25, 0.3) is 11.1 Å². The number of nitrogens with zero attached hydrogens (tertiary/aromatic N) is 3. The Labute approximate surface area is 141 Å². The van der Waals surface area contributed by atoms with Crippen LogP contribution in [0.5, 0.6) is 0 Å². The standard InChI is InChI=1S/C14H14N4O4S2/c1-17(2)24(21,22)9-3-4-12(19)18(7-9)8-11-15-13(20)10-5-6-23-14(10)16-11/h3-7H,8H2,1-2H3,(H,15,16,20). The number of hydrogen-bond acceptors (Lipinski definition) is 6. The van der Waals surface area contributed by atoms with Gasteiger partial charge in [0.1, 0.15) is 10.7 Å². The Kier molecular flexibility index (Phi) is 4.11. The van der Waals surface area contributed by atoms with Crippen LogP contribution < -0.4 is 11.1 Å². The Morgan fingerprint density at radius 3 is 2.71 bits per heavy atom. The minimum Gasteiger partial charge on any atom is -0.308 e. The summed E-state index contributed by atoms with van der Waals surface area (Å²) in [6.45, 7) is -0.0291. The number of H-pyrrole nitrogens is 1. The molecule has 0 aliphatic carbocycles. The van der Waals surface area contributed by atoms with E-state index in [1.807, 2.05) is 0 Å². The van der Waals surface area contributed by atoms with Crippen molar-refractivity contribution in [2.24, 2.45) is 0 Å². The average Bonchev–Trinajstić information content (AvgIpc) is 2.98. The van der Waals surface area contributed by atoms with E-state index in [0.717, 1.165) is 4.31 Å². The molecule has 0 unspecified atom stereocenters. The highest BCUT2D eigenvalue weighted by molar-refractivity contribution is 7.89. The van der Waals surface area contributed by atoms with Crippen molar-refractivity contribution in [3.8, 4) is 0 Å².